The molecule has 0 unspecified atom stereocenters. The number of carbonyl (C=O) groups excluding carboxylic acids is 2. The fraction of sp³-hybridized carbons (Fsp3) is 0.500. The highest BCUT2D eigenvalue weighted by atomic mass is 32.1. The van der Waals surface area contributed by atoms with Crippen LogP contribution in [-0.4, -0.2) is 25.1 Å². The van der Waals surface area contributed by atoms with E-state index >= 15 is 0 Å². The zero-order valence-corrected chi connectivity index (χ0v) is 18.7. The summed E-state index contributed by atoms with van der Waals surface area (Å²) in [6.07, 6.45) is 8.84. The van der Waals surface area contributed by atoms with Crippen molar-refractivity contribution in [3.63, 3.8) is 0 Å². The minimum Gasteiger partial charge on any atom is -0.494 e. The third-order valence-corrected chi connectivity index (χ3v) is 6.47. The summed E-state index contributed by atoms with van der Waals surface area (Å²) in [7, 11) is 0. The standard InChI is InChI=1S/C24H31NO4S/c1-3-5-6-7-8-16-29-18-14-12-17(13-15-18)22(26)25-23-21(24(27)28-4-2)19-10-9-11-20(19)30-23/h12-15H,3-11,16H2,1-2H3,(H,25,26). The Morgan fingerprint density at radius 1 is 1.03 bits per heavy atom. The van der Waals surface area contributed by atoms with Crippen molar-refractivity contribution in [3.8, 4) is 5.75 Å². The minimum atomic E-state index is -0.352. The van der Waals surface area contributed by atoms with Gasteiger partial charge in [-0.25, -0.2) is 4.79 Å². The highest BCUT2D eigenvalue weighted by Gasteiger charge is 2.28. The summed E-state index contributed by atoms with van der Waals surface area (Å²) < 4.78 is 11.0. The lowest BCUT2D eigenvalue weighted by Crippen LogP contribution is -2.15. The third kappa shape index (κ3) is 5.63. The summed E-state index contributed by atoms with van der Waals surface area (Å²) in [5.74, 6) is 0.186. The fourth-order valence-electron chi connectivity index (χ4n) is 3.68. The molecule has 1 N–H and O–H groups in total. The molecule has 0 radical (unpaired) electrons. The van der Waals surface area contributed by atoms with Crippen LogP contribution in [0.1, 0.15) is 83.5 Å². The average molecular weight is 430 g/mol. The molecule has 1 aliphatic carbocycles. The molecule has 1 amide bonds. The van der Waals surface area contributed by atoms with Crippen LogP contribution in [0.25, 0.3) is 0 Å². The first-order chi connectivity index (χ1) is 14.6. The monoisotopic (exact) mass is 429 g/mol. The molecule has 0 spiro atoms. The van der Waals surface area contributed by atoms with E-state index < -0.39 is 0 Å². The Morgan fingerprint density at radius 2 is 1.80 bits per heavy atom. The molecule has 0 bridgehead atoms. The maximum Gasteiger partial charge on any atom is 0.341 e. The van der Waals surface area contributed by atoms with Gasteiger partial charge in [-0.05, 0) is 62.4 Å². The van der Waals surface area contributed by atoms with Crippen LogP contribution in [0.3, 0.4) is 0 Å². The van der Waals surface area contributed by atoms with Gasteiger partial charge in [-0.2, -0.15) is 0 Å². The van der Waals surface area contributed by atoms with Crippen LogP contribution in [0.4, 0.5) is 5.00 Å². The van der Waals surface area contributed by atoms with Gasteiger partial charge < -0.3 is 14.8 Å². The molecule has 6 heteroatoms. The zero-order valence-electron chi connectivity index (χ0n) is 17.9. The minimum absolute atomic E-state index is 0.230. The molecule has 0 aliphatic heterocycles. The van der Waals surface area contributed by atoms with E-state index in [0.29, 0.717) is 29.3 Å². The topological polar surface area (TPSA) is 64.6 Å². The summed E-state index contributed by atoms with van der Waals surface area (Å²) in [6, 6.07) is 7.16. The lowest BCUT2D eigenvalue weighted by molar-refractivity contribution is 0.0527. The number of amides is 1. The molecule has 1 aromatic heterocycles. The fourth-order valence-corrected chi connectivity index (χ4v) is 4.96. The molecule has 1 aromatic carbocycles. The lowest BCUT2D eigenvalue weighted by atomic mass is 10.1. The third-order valence-electron chi connectivity index (χ3n) is 5.26. The van der Waals surface area contributed by atoms with E-state index in [-0.39, 0.29) is 11.9 Å². The van der Waals surface area contributed by atoms with Crippen molar-refractivity contribution in [1.29, 1.82) is 0 Å². The van der Waals surface area contributed by atoms with Gasteiger partial charge in [0.15, 0.2) is 0 Å². The van der Waals surface area contributed by atoms with Gasteiger partial charge in [-0.3, -0.25) is 4.79 Å². The Morgan fingerprint density at radius 3 is 2.53 bits per heavy atom. The second kappa shape index (κ2) is 11.2. The molecule has 3 rings (SSSR count). The normalized spacial score (nSPS) is 12.5. The molecule has 5 nitrogen and oxygen atoms in total. The van der Waals surface area contributed by atoms with Gasteiger partial charge in [0.05, 0.1) is 18.8 Å². The summed E-state index contributed by atoms with van der Waals surface area (Å²) >= 11 is 1.49. The van der Waals surface area contributed by atoms with Gasteiger partial charge in [0.2, 0.25) is 0 Å². The Hall–Kier alpha value is -2.34. The van der Waals surface area contributed by atoms with E-state index in [2.05, 4.69) is 12.2 Å². The van der Waals surface area contributed by atoms with E-state index in [1.807, 2.05) is 12.1 Å². The van der Waals surface area contributed by atoms with Crippen molar-refractivity contribution in [2.75, 3.05) is 18.5 Å². The highest BCUT2D eigenvalue weighted by molar-refractivity contribution is 7.17. The molecular formula is C24H31NO4S. The highest BCUT2D eigenvalue weighted by Crippen LogP contribution is 2.39. The molecule has 1 heterocycles. The molecule has 162 valence electrons. The number of hydrogen-bond donors (Lipinski definition) is 1. The van der Waals surface area contributed by atoms with Gasteiger partial charge in [0, 0.05) is 10.4 Å². The number of benzene rings is 1. The summed E-state index contributed by atoms with van der Waals surface area (Å²) in [5, 5.41) is 3.52. The number of rotatable bonds is 11. The number of thiophene rings is 1. The number of carbonyl (C=O) groups is 2. The number of nitrogens with one attached hydrogen (secondary N) is 1. The maximum absolute atomic E-state index is 12.7. The predicted octanol–water partition coefficient (Wildman–Crippen LogP) is 6.02. The summed E-state index contributed by atoms with van der Waals surface area (Å²) in [6.45, 7) is 5.00. The molecular weight excluding hydrogens is 398 g/mol. The van der Waals surface area contributed by atoms with Gasteiger partial charge in [-0.1, -0.05) is 32.6 Å². The molecule has 0 saturated carbocycles. The van der Waals surface area contributed by atoms with Crippen molar-refractivity contribution in [3.05, 3.63) is 45.8 Å². The number of fused-ring (bicyclic) bond motifs is 1. The van der Waals surface area contributed by atoms with Gasteiger partial charge in [-0.15, -0.1) is 11.3 Å². The molecule has 0 fully saturated rings. The van der Waals surface area contributed by atoms with Crippen LogP contribution < -0.4 is 10.1 Å². The van der Waals surface area contributed by atoms with E-state index in [9.17, 15) is 9.59 Å². The number of anilines is 1. The second-order valence-corrected chi connectivity index (χ2v) is 8.63. The van der Waals surface area contributed by atoms with Gasteiger partial charge in [0.25, 0.3) is 5.91 Å². The number of ether oxygens (including phenoxy) is 2. The Balaban J connectivity index is 1.59. The van der Waals surface area contributed by atoms with E-state index in [4.69, 9.17) is 9.47 Å². The molecule has 0 atom stereocenters. The molecule has 30 heavy (non-hydrogen) atoms. The Labute approximate surface area is 182 Å². The van der Waals surface area contributed by atoms with E-state index in [0.717, 1.165) is 37.0 Å². The van der Waals surface area contributed by atoms with Crippen molar-refractivity contribution in [2.45, 2.75) is 65.2 Å². The van der Waals surface area contributed by atoms with Crippen LogP contribution in [0.2, 0.25) is 0 Å². The summed E-state index contributed by atoms with van der Waals surface area (Å²) in [5.41, 5.74) is 2.11. The van der Waals surface area contributed by atoms with Crippen LogP contribution in [-0.2, 0) is 17.6 Å². The smallest absolute Gasteiger partial charge is 0.341 e. The predicted molar refractivity (Wildman–Crippen MR) is 121 cm³/mol. The van der Waals surface area contributed by atoms with Crippen molar-refractivity contribution < 1.29 is 19.1 Å². The largest absolute Gasteiger partial charge is 0.494 e. The van der Waals surface area contributed by atoms with Crippen LogP contribution in [0.15, 0.2) is 24.3 Å². The van der Waals surface area contributed by atoms with Gasteiger partial charge in [0.1, 0.15) is 10.8 Å². The van der Waals surface area contributed by atoms with E-state index in [1.165, 1.54) is 41.9 Å². The number of aryl methyl sites for hydroxylation is 1. The molecule has 0 saturated heterocycles. The van der Waals surface area contributed by atoms with Gasteiger partial charge >= 0.3 is 5.97 Å². The average Bonchev–Trinajstić information content (AvgIpc) is 3.32. The quantitative estimate of drug-likeness (QED) is 0.351. The van der Waals surface area contributed by atoms with E-state index in [1.54, 1.807) is 19.1 Å². The number of unbranched alkanes of at least 4 members (excludes halogenated alkanes) is 4. The first-order valence-corrected chi connectivity index (χ1v) is 11.8. The van der Waals surface area contributed by atoms with Crippen molar-refractivity contribution in [2.24, 2.45) is 0 Å². The van der Waals surface area contributed by atoms with Crippen LogP contribution in [0.5, 0.6) is 5.75 Å². The number of esters is 1. The van der Waals surface area contributed by atoms with Crippen molar-refractivity contribution >= 4 is 28.2 Å². The molecule has 1 aliphatic rings. The Bertz CT molecular complexity index is 857. The lowest BCUT2D eigenvalue weighted by Gasteiger charge is -2.09. The SMILES string of the molecule is CCCCCCCOc1ccc(C(=O)Nc2sc3c(c2C(=O)OCC)CCC3)cc1. The maximum atomic E-state index is 12.7. The van der Waals surface area contributed by atoms with Crippen molar-refractivity contribution in [1.82, 2.24) is 0 Å². The summed E-state index contributed by atoms with van der Waals surface area (Å²) in [4.78, 5) is 26.4. The zero-order chi connectivity index (χ0) is 21.3. The van der Waals surface area contributed by atoms with Crippen LogP contribution in [0, 0.1) is 0 Å². The second-order valence-electron chi connectivity index (χ2n) is 7.52. The number of hydrogen-bond acceptors (Lipinski definition) is 5. The first kappa shape index (κ1) is 22.3. The Kier molecular flexibility index (Phi) is 8.31. The molecule has 2 aromatic rings. The first-order valence-electron chi connectivity index (χ1n) is 11.0. The van der Waals surface area contributed by atoms with Crippen LogP contribution >= 0.6 is 11.3 Å².